The molecule has 3 aromatic carbocycles. The van der Waals surface area contributed by atoms with Gasteiger partial charge in [-0.3, -0.25) is 4.72 Å². The Kier molecular flexibility index (Phi) is 6.86. The molecule has 0 aromatic heterocycles. The third kappa shape index (κ3) is 5.71. The van der Waals surface area contributed by atoms with Gasteiger partial charge < -0.3 is 10.1 Å². The van der Waals surface area contributed by atoms with Crippen molar-refractivity contribution in [1.82, 2.24) is 5.32 Å². The van der Waals surface area contributed by atoms with Crippen LogP contribution in [-0.4, -0.2) is 21.1 Å². The molecule has 0 aliphatic carbocycles. The quantitative estimate of drug-likeness (QED) is 0.456. The molecule has 0 radical (unpaired) electrons. The van der Waals surface area contributed by atoms with E-state index in [4.69, 9.17) is 4.74 Å². The Labute approximate surface area is 197 Å². The fourth-order valence-electron chi connectivity index (χ4n) is 3.84. The highest BCUT2D eigenvalue weighted by Gasteiger charge is 2.30. The van der Waals surface area contributed by atoms with E-state index < -0.39 is 21.8 Å². The Bertz CT molecular complexity index is 1230. The van der Waals surface area contributed by atoms with Crippen LogP contribution in [0.4, 0.5) is 18.9 Å². The third-order valence-corrected chi connectivity index (χ3v) is 7.19. The summed E-state index contributed by atoms with van der Waals surface area (Å²) in [5.41, 5.74) is 1.53. The first-order chi connectivity index (χ1) is 16.1. The van der Waals surface area contributed by atoms with E-state index in [2.05, 4.69) is 29.1 Å². The molecule has 2 atom stereocenters. The molecule has 2 N–H and O–H groups in total. The van der Waals surface area contributed by atoms with Crippen LogP contribution in [0.2, 0.25) is 0 Å². The zero-order valence-corrected chi connectivity index (χ0v) is 19.3. The lowest BCUT2D eigenvalue weighted by atomic mass is 10.0. The maximum atomic E-state index is 12.8. The molecule has 1 aliphatic heterocycles. The van der Waals surface area contributed by atoms with E-state index >= 15 is 0 Å². The number of benzene rings is 3. The van der Waals surface area contributed by atoms with Crippen molar-refractivity contribution in [3.8, 4) is 5.75 Å². The molecular formula is C25H25F3N2O3S. The van der Waals surface area contributed by atoms with Gasteiger partial charge in [0, 0.05) is 18.7 Å². The van der Waals surface area contributed by atoms with Crippen molar-refractivity contribution in [1.29, 1.82) is 0 Å². The second-order valence-electron chi connectivity index (χ2n) is 8.27. The highest BCUT2D eigenvalue weighted by molar-refractivity contribution is 7.92. The van der Waals surface area contributed by atoms with Crippen LogP contribution in [0.1, 0.15) is 36.1 Å². The number of nitrogens with one attached hydrogen (secondary N) is 2. The maximum absolute atomic E-state index is 12.8. The van der Waals surface area contributed by atoms with Crippen LogP contribution in [0.15, 0.2) is 77.7 Å². The Hall–Kier alpha value is -3.04. The van der Waals surface area contributed by atoms with Crippen molar-refractivity contribution >= 4 is 15.7 Å². The van der Waals surface area contributed by atoms with Gasteiger partial charge in [0.05, 0.1) is 16.1 Å². The number of hydrogen-bond donors (Lipinski definition) is 2. The lowest BCUT2D eigenvalue weighted by Gasteiger charge is -2.28. The Morgan fingerprint density at radius 1 is 1.03 bits per heavy atom. The predicted molar refractivity (Wildman–Crippen MR) is 124 cm³/mol. The number of fused-ring (bicyclic) bond motifs is 1. The first-order valence-electron chi connectivity index (χ1n) is 10.9. The van der Waals surface area contributed by atoms with E-state index in [-0.39, 0.29) is 22.7 Å². The van der Waals surface area contributed by atoms with Crippen molar-refractivity contribution < 1.29 is 26.3 Å². The largest absolute Gasteiger partial charge is 0.489 e. The van der Waals surface area contributed by atoms with Crippen LogP contribution < -0.4 is 14.8 Å². The van der Waals surface area contributed by atoms with Crippen LogP contribution >= 0.6 is 0 Å². The standard InChI is InChI=1S/C25H25F3N2O3S/c1-17(18-5-3-2-4-6-18)29-16-22-12-8-19-7-11-21(15-24(19)33-22)30-34(31,32)23-13-9-20(10-14-23)25(26,27)28/h2-7,9-11,13-15,17,22,29-30H,8,12,16H2,1H3/t17-,22?/m1/s1. The molecule has 0 spiro atoms. The zero-order chi connectivity index (χ0) is 24.3. The summed E-state index contributed by atoms with van der Waals surface area (Å²) in [7, 11) is -4.05. The minimum atomic E-state index is -4.53. The molecule has 3 aromatic rings. The molecule has 0 saturated heterocycles. The minimum absolute atomic E-state index is 0.0690. The highest BCUT2D eigenvalue weighted by atomic mass is 32.2. The Morgan fingerprint density at radius 2 is 1.74 bits per heavy atom. The normalized spacial score (nSPS) is 16.9. The summed E-state index contributed by atoms with van der Waals surface area (Å²) in [6.07, 6.45) is -2.97. The number of alkyl halides is 3. The van der Waals surface area contributed by atoms with Crippen LogP contribution in [0.25, 0.3) is 0 Å². The summed E-state index contributed by atoms with van der Waals surface area (Å²) in [6.45, 7) is 2.72. The van der Waals surface area contributed by atoms with Crippen LogP contribution in [0.5, 0.6) is 5.75 Å². The van der Waals surface area contributed by atoms with Gasteiger partial charge in [-0.05, 0) is 61.2 Å². The fraction of sp³-hybridized carbons (Fsp3) is 0.280. The lowest BCUT2D eigenvalue weighted by molar-refractivity contribution is -0.137. The number of sulfonamides is 1. The Morgan fingerprint density at radius 3 is 2.41 bits per heavy atom. The topological polar surface area (TPSA) is 67.4 Å². The van der Waals surface area contributed by atoms with Gasteiger partial charge in [0.25, 0.3) is 10.0 Å². The number of halogens is 3. The summed E-state index contributed by atoms with van der Waals surface area (Å²) in [5.74, 6) is 0.595. The van der Waals surface area contributed by atoms with Gasteiger partial charge in [-0.2, -0.15) is 13.2 Å². The number of ether oxygens (including phenoxy) is 1. The van der Waals surface area contributed by atoms with E-state index in [9.17, 15) is 21.6 Å². The maximum Gasteiger partial charge on any atom is 0.416 e. The summed E-state index contributed by atoms with van der Waals surface area (Å²) < 4.78 is 72.1. The van der Waals surface area contributed by atoms with Crippen molar-refractivity contribution in [2.75, 3.05) is 11.3 Å². The summed E-state index contributed by atoms with van der Waals surface area (Å²) in [6, 6.07) is 18.7. The van der Waals surface area contributed by atoms with Gasteiger partial charge in [0.2, 0.25) is 0 Å². The van der Waals surface area contributed by atoms with Crippen molar-refractivity contribution in [3.63, 3.8) is 0 Å². The second-order valence-corrected chi connectivity index (χ2v) is 9.95. The lowest BCUT2D eigenvalue weighted by Crippen LogP contribution is -2.35. The molecule has 5 nitrogen and oxygen atoms in total. The average molecular weight is 491 g/mol. The van der Waals surface area contributed by atoms with Crippen LogP contribution in [0, 0.1) is 0 Å². The summed E-state index contributed by atoms with van der Waals surface area (Å²) in [5, 5.41) is 3.47. The van der Waals surface area contributed by atoms with Gasteiger partial charge >= 0.3 is 6.18 Å². The molecule has 0 bridgehead atoms. The molecule has 34 heavy (non-hydrogen) atoms. The SMILES string of the molecule is C[C@@H](NCC1CCc2ccc(NS(=O)(=O)c3ccc(C(F)(F)F)cc3)cc2O1)c1ccccc1. The Balaban J connectivity index is 1.41. The number of aryl methyl sites for hydroxylation is 1. The second kappa shape index (κ2) is 9.68. The van der Waals surface area contributed by atoms with Crippen LogP contribution in [0.3, 0.4) is 0 Å². The molecule has 1 heterocycles. The zero-order valence-electron chi connectivity index (χ0n) is 18.5. The van der Waals surface area contributed by atoms with Crippen molar-refractivity contribution in [3.05, 3.63) is 89.5 Å². The predicted octanol–water partition coefficient (Wildman–Crippen LogP) is 5.55. The van der Waals surface area contributed by atoms with Crippen molar-refractivity contribution in [2.24, 2.45) is 0 Å². The van der Waals surface area contributed by atoms with Gasteiger partial charge in [0.1, 0.15) is 11.9 Å². The fourth-order valence-corrected chi connectivity index (χ4v) is 4.89. The summed E-state index contributed by atoms with van der Waals surface area (Å²) in [4.78, 5) is -0.254. The molecule has 0 saturated carbocycles. The molecule has 1 unspecified atom stereocenters. The third-order valence-electron chi connectivity index (χ3n) is 5.79. The number of rotatable bonds is 7. The van der Waals surface area contributed by atoms with E-state index in [1.54, 1.807) is 18.2 Å². The molecule has 0 fully saturated rings. The van der Waals surface area contributed by atoms with Crippen LogP contribution in [-0.2, 0) is 22.6 Å². The van der Waals surface area contributed by atoms with E-state index in [1.165, 1.54) is 5.56 Å². The molecule has 180 valence electrons. The van der Waals surface area contributed by atoms with Crippen molar-refractivity contribution in [2.45, 2.75) is 43.0 Å². The smallest absolute Gasteiger partial charge is 0.416 e. The first kappa shape index (κ1) is 24.1. The molecule has 4 rings (SSSR count). The van der Waals surface area contributed by atoms with Gasteiger partial charge in [0.15, 0.2) is 0 Å². The summed E-state index contributed by atoms with van der Waals surface area (Å²) >= 11 is 0. The van der Waals surface area contributed by atoms with E-state index in [1.807, 2.05) is 18.2 Å². The molecule has 1 aliphatic rings. The van der Waals surface area contributed by atoms with Gasteiger partial charge in [-0.15, -0.1) is 0 Å². The molecule has 9 heteroatoms. The molecule has 0 amide bonds. The number of hydrogen-bond acceptors (Lipinski definition) is 4. The minimum Gasteiger partial charge on any atom is -0.489 e. The highest BCUT2D eigenvalue weighted by Crippen LogP contribution is 2.32. The first-order valence-corrected chi connectivity index (χ1v) is 12.4. The number of anilines is 1. The van der Waals surface area contributed by atoms with Gasteiger partial charge in [-0.1, -0.05) is 36.4 Å². The van der Waals surface area contributed by atoms with E-state index in [0.717, 1.165) is 42.7 Å². The van der Waals surface area contributed by atoms with E-state index in [0.29, 0.717) is 12.3 Å². The molecular weight excluding hydrogens is 465 g/mol. The average Bonchev–Trinajstić information content (AvgIpc) is 2.82. The van der Waals surface area contributed by atoms with Gasteiger partial charge in [-0.25, -0.2) is 8.42 Å². The monoisotopic (exact) mass is 490 g/mol.